The smallest absolute Gasteiger partial charge is 0.253 e. The number of amides is 1. The normalized spacial score (nSPS) is 23.7. The summed E-state index contributed by atoms with van der Waals surface area (Å²) in [7, 11) is 0. The van der Waals surface area contributed by atoms with Gasteiger partial charge in [0, 0.05) is 16.8 Å². The van der Waals surface area contributed by atoms with Crippen molar-refractivity contribution in [2.75, 3.05) is 5.73 Å². The van der Waals surface area contributed by atoms with Crippen LogP contribution < -0.4 is 11.1 Å². The Morgan fingerprint density at radius 2 is 2.05 bits per heavy atom. The van der Waals surface area contributed by atoms with E-state index in [1.807, 2.05) is 0 Å². The van der Waals surface area contributed by atoms with E-state index < -0.39 is 0 Å². The zero-order chi connectivity index (χ0) is 13.8. The number of nitrogens with one attached hydrogen (secondary N) is 1. The largest absolute Gasteiger partial charge is 0.398 e. The molecule has 1 amide bonds. The highest BCUT2D eigenvalue weighted by atomic mass is 35.5. The van der Waals surface area contributed by atoms with E-state index in [2.05, 4.69) is 12.2 Å². The predicted molar refractivity (Wildman–Crippen MR) is 79.4 cm³/mol. The second kappa shape index (κ2) is 6.29. The van der Waals surface area contributed by atoms with Gasteiger partial charge in [0.25, 0.3) is 5.91 Å². The monoisotopic (exact) mass is 280 g/mol. The summed E-state index contributed by atoms with van der Waals surface area (Å²) in [4.78, 5) is 12.3. The molecular formula is C15H21ClN2O. The molecule has 2 rings (SSSR count). The lowest BCUT2D eigenvalue weighted by atomic mass is 9.96. The Bertz CT molecular complexity index is 461. The van der Waals surface area contributed by atoms with Crippen LogP contribution in [0.15, 0.2) is 18.2 Å². The molecule has 3 N–H and O–H groups in total. The van der Waals surface area contributed by atoms with Gasteiger partial charge in [-0.2, -0.15) is 0 Å². The summed E-state index contributed by atoms with van der Waals surface area (Å²) in [5, 5.41) is 3.68. The van der Waals surface area contributed by atoms with E-state index in [9.17, 15) is 4.79 Å². The Morgan fingerprint density at radius 3 is 2.79 bits per heavy atom. The molecule has 3 nitrogen and oxygen atoms in total. The van der Waals surface area contributed by atoms with Gasteiger partial charge < -0.3 is 11.1 Å². The van der Waals surface area contributed by atoms with Crippen molar-refractivity contribution in [3.63, 3.8) is 0 Å². The standard InChI is InChI=1S/C15H21ClN2O/c1-10-5-3-2-4-6-14(10)18-15(19)12-8-7-11(16)9-13(12)17/h7-10,14H,2-6,17H2,1H3,(H,18,19). The SMILES string of the molecule is CC1CCCCCC1NC(=O)c1ccc(Cl)cc1N. The zero-order valence-corrected chi connectivity index (χ0v) is 12.0. The number of hydrogen-bond donors (Lipinski definition) is 2. The number of benzene rings is 1. The maximum absolute atomic E-state index is 12.3. The number of rotatable bonds is 2. The van der Waals surface area contributed by atoms with Gasteiger partial charge in [-0.05, 0) is 37.0 Å². The predicted octanol–water partition coefficient (Wildman–Crippen LogP) is 3.62. The van der Waals surface area contributed by atoms with Crippen molar-refractivity contribution in [3.8, 4) is 0 Å². The molecule has 1 fully saturated rings. The van der Waals surface area contributed by atoms with Crippen LogP contribution in [-0.2, 0) is 0 Å². The second-order valence-electron chi connectivity index (χ2n) is 5.43. The van der Waals surface area contributed by atoms with Crippen molar-refractivity contribution in [3.05, 3.63) is 28.8 Å². The van der Waals surface area contributed by atoms with Crippen LogP contribution in [0.5, 0.6) is 0 Å². The Labute approximate surface area is 119 Å². The number of nitrogens with two attached hydrogens (primary N) is 1. The van der Waals surface area contributed by atoms with Crippen LogP contribution in [0.2, 0.25) is 5.02 Å². The lowest BCUT2D eigenvalue weighted by Crippen LogP contribution is -2.39. The van der Waals surface area contributed by atoms with Crippen LogP contribution in [-0.4, -0.2) is 11.9 Å². The molecule has 0 aliphatic heterocycles. The minimum Gasteiger partial charge on any atom is -0.398 e. The molecule has 1 saturated carbocycles. The van der Waals surface area contributed by atoms with Gasteiger partial charge >= 0.3 is 0 Å². The molecule has 2 atom stereocenters. The number of anilines is 1. The fourth-order valence-electron chi connectivity index (χ4n) is 2.69. The van der Waals surface area contributed by atoms with Gasteiger partial charge in [-0.3, -0.25) is 4.79 Å². The van der Waals surface area contributed by atoms with Crippen molar-refractivity contribution in [2.24, 2.45) is 5.92 Å². The van der Waals surface area contributed by atoms with E-state index in [4.69, 9.17) is 17.3 Å². The van der Waals surface area contributed by atoms with E-state index >= 15 is 0 Å². The summed E-state index contributed by atoms with van der Waals surface area (Å²) in [6, 6.07) is 5.26. The third kappa shape index (κ3) is 3.63. The summed E-state index contributed by atoms with van der Waals surface area (Å²) in [5.74, 6) is 0.438. The molecule has 1 aliphatic rings. The van der Waals surface area contributed by atoms with Crippen LogP contribution in [0.25, 0.3) is 0 Å². The lowest BCUT2D eigenvalue weighted by molar-refractivity contribution is 0.0922. The molecule has 4 heteroatoms. The van der Waals surface area contributed by atoms with Gasteiger partial charge in [-0.15, -0.1) is 0 Å². The molecular weight excluding hydrogens is 260 g/mol. The third-order valence-corrected chi connectivity index (χ3v) is 4.17. The van der Waals surface area contributed by atoms with Crippen LogP contribution in [0.4, 0.5) is 5.69 Å². The van der Waals surface area contributed by atoms with Crippen molar-refractivity contribution in [1.82, 2.24) is 5.32 Å². The Hall–Kier alpha value is -1.22. The van der Waals surface area contributed by atoms with Crippen molar-refractivity contribution in [1.29, 1.82) is 0 Å². The average molecular weight is 281 g/mol. The fourth-order valence-corrected chi connectivity index (χ4v) is 2.87. The van der Waals surface area contributed by atoms with Crippen molar-refractivity contribution < 1.29 is 4.79 Å². The third-order valence-electron chi connectivity index (χ3n) is 3.94. The van der Waals surface area contributed by atoms with Gasteiger partial charge in [-0.25, -0.2) is 0 Å². The quantitative estimate of drug-likeness (QED) is 0.642. The minimum atomic E-state index is -0.0899. The number of hydrogen-bond acceptors (Lipinski definition) is 2. The zero-order valence-electron chi connectivity index (χ0n) is 11.3. The summed E-state index contributed by atoms with van der Waals surface area (Å²) in [6.07, 6.45) is 5.95. The van der Waals surface area contributed by atoms with Crippen LogP contribution in [0.1, 0.15) is 49.4 Å². The van der Waals surface area contributed by atoms with Gasteiger partial charge in [0.15, 0.2) is 0 Å². The topological polar surface area (TPSA) is 55.1 Å². The first-order valence-corrected chi connectivity index (χ1v) is 7.31. The maximum atomic E-state index is 12.3. The van der Waals surface area contributed by atoms with Crippen molar-refractivity contribution in [2.45, 2.75) is 45.1 Å². The molecule has 0 bridgehead atoms. The lowest BCUT2D eigenvalue weighted by Gasteiger charge is -2.23. The maximum Gasteiger partial charge on any atom is 0.253 e. The first-order chi connectivity index (χ1) is 9.08. The summed E-state index contributed by atoms with van der Waals surface area (Å²) >= 11 is 5.85. The summed E-state index contributed by atoms with van der Waals surface area (Å²) in [6.45, 7) is 2.21. The highest BCUT2D eigenvalue weighted by Crippen LogP contribution is 2.24. The van der Waals surface area contributed by atoms with Crippen LogP contribution in [0, 0.1) is 5.92 Å². The Morgan fingerprint density at radius 1 is 1.32 bits per heavy atom. The number of halogens is 1. The van der Waals surface area contributed by atoms with Crippen LogP contribution >= 0.6 is 11.6 Å². The molecule has 104 valence electrons. The molecule has 0 heterocycles. The molecule has 2 unspecified atom stereocenters. The molecule has 19 heavy (non-hydrogen) atoms. The first-order valence-electron chi connectivity index (χ1n) is 6.94. The second-order valence-corrected chi connectivity index (χ2v) is 5.86. The van der Waals surface area contributed by atoms with E-state index in [1.165, 1.54) is 25.7 Å². The van der Waals surface area contributed by atoms with E-state index in [0.717, 1.165) is 6.42 Å². The van der Waals surface area contributed by atoms with Crippen LogP contribution in [0.3, 0.4) is 0 Å². The molecule has 1 aromatic carbocycles. The van der Waals surface area contributed by atoms with E-state index in [0.29, 0.717) is 22.2 Å². The summed E-state index contributed by atoms with van der Waals surface area (Å²) < 4.78 is 0. The van der Waals surface area contributed by atoms with Gasteiger partial charge in [0.05, 0.1) is 5.56 Å². The van der Waals surface area contributed by atoms with Crippen molar-refractivity contribution >= 4 is 23.2 Å². The van der Waals surface area contributed by atoms with Gasteiger partial charge in [0.1, 0.15) is 0 Å². The number of carbonyl (C=O) groups is 1. The molecule has 0 spiro atoms. The average Bonchev–Trinajstić information content (AvgIpc) is 2.55. The Kier molecular flexibility index (Phi) is 4.70. The number of nitrogen functional groups attached to an aromatic ring is 1. The molecule has 1 aliphatic carbocycles. The van der Waals surface area contributed by atoms with Gasteiger partial charge in [-0.1, -0.05) is 37.8 Å². The van der Waals surface area contributed by atoms with E-state index in [1.54, 1.807) is 18.2 Å². The minimum absolute atomic E-state index is 0.0899. The molecule has 0 aromatic heterocycles. The fraction of sp³-hybridized carbons (Fsp3) is 0.533. The number of carbonyl (C=O) groups excluding carboxylic acids is 1. The van der Waals surface area contributed by atoms with E-state index in [-0.39, 0.29) is 11.9 Å². The Balaban J connectivity index is 2.07. The highest BCUT2D eigenvalue weighted by molar-refractivity contribution is 6.31. The molecule has 0 radical (unpaired) electrons. The van der Waals surface area contributed by atoms with Gasteiger partial charge in [0.2, 0.25) is 0 Å². The molecule has 1 aromatic rings. The molecule has 0 saturated heterocycles. The highest BCUT2D eigenvalue weighted by Gasteiger charge is 2.22. The summed E-state index contributed by atoms with van der Waals surface area (Å²) in [5.41, 5.74) is 6.80. The first kappa shape index (κ1) is 14.2.